The Morgan fingerprint density at radius 3 is 3.00 bits per heavy atom. The quantitative estimate of drug-likeness (QED) is 0.756. The van der Waals surface area contributed by atoms with Crippen LogP contribution >= 0.6 is 11.8 Å². The van der Waals surface area contributed by atoms with Crippen LogP contribution in [0, 0.1) is 0 Å². The van der Waals surface area contributed by atoms with Gasteiger partial charge in [0.25, 0.3) is 0 Å². The van der Waals surface area contributed by atoms with Gasteiger partial charge in [-0.2, -0.15) is 11.8 Å². The van der Waals surface area contributed by atoms with Gasteiger partial charge >= 0.3 is 5.97 Å². The smallest absolute Gasteiger partial charge is 0.321 e. The van der Waals surface area contributed by atoms with Gasteiger partial charge in [-0.05, 0) is 11.6 Å². The first-order valence-electron chi connectivity index (χ1n) is 5.29. The van der Waals surface area contributed by atoms with Crippen LogP contribution in [-0.4, -0.2) is 27.9 Å². The molecule has 1 unspecified atom stereocenters. The molecule has 4 nitrogen and oxygen atoms in total. The number of fused-ring (bicyclic) bond motifs is 1. The van der Waals surface area contributed by atoms with Gasteiger partial charge in [-0.25, -0.2) is 0 Å². The summed E-state index contributed by atoms with van der Waals surface area (Å²) in [5.41, 5.74) is 7.73. The van der Waals surface area contributed by atoms with Gasteiger partial charge in [0.05, 0.1) is 0 Å². The molecule has 0 fully saturated rings. The van der Waals surface area contributed by atoms with Crippen molar-refractivity contribution in [1.29, 1.82) is 0 Å². The predicted octanol–water partition coefficient (Wildman–Crippen LogP) is 1.81. The van der Waals surface area contributed by atoms with Gasteiger partial charge in [0.2, 0.25) is 0 Å². The molecule has 2 rings (SSSR count). The number of aliphatic carboxylic acids is 1. The van der Waals surface area contributed by atoms with Crippen LogP contribution in [0.3, 0.4) is 0 Å². The van der Waals surface area contributed by atoms with E-state index in [1.54, 1.807) is 0 Å². The molecular formula is C12H14N2O2S. The zero-order chi connectivity index (χ0) is 12.3. The van der Waals surface area contributed by atoms with Gasteiger partial charge < -0.3 is 15.8 Å². The summed E-state index contributed by atoms with van der Waals surface area (Å²) in [4.78, 5) is 13.7. The van der Waals surface area contributed by atoms with Crippen molar-refractivity contribution < 1.29 is 9.90 Å². The van der Waals surface area contributed by atoms with Gasteiger partial charge in [-0.1, -0.05) is 18.2 Å². The topological polar surface area (TPSA) is 79.1 Å². The Kier molecular flexibility index (Phi) is 3.71. The lowest BCUT2D eigenvalue weighted by atomic mass is 10.2. The highest BCUT2D eigenvalue weighted by molar-refractivity contribution is 7.98. The zero-order valence-corrected chi connectivity index (χ0v) is 10.0. The fourth-order valence-electron chi connectivity index (χ4n) is 1.62. The SMILES string of the molecule is NC(CSCc1c[nH]c2ccccc12)C(=O)O. The highest BCUT2D eigenvalue weighted by Gasteiger charge is 2.11. The minimum Gasteiger partial charge on any atom is -0.480 e. The van der Waals surface area contributed by atoms with E-state index in [1.807, 2.05) is 24.4 Å². The minimum absolute atomic E-state index is 0.425. The lowest BCUT2D eigenvalue weighted by Gasteiger charge is -2.05. The molecule has 0 saturated heterocycles. The lowest BCUT2D eigenvalue weighted by Crippen LogP contribution is -2.32. The first-order chi connectivity index (χ1) is 8.18. The van der Waals surface area contributed by atoms with Gasteiger partial charge in [-0.15, -0.1) is 0 Å². The number of benzene rings is 1. The Labute approximate surface area is 103 Å². The van der Waals surface area contributed by atoms with Crippen LogP contribution in [0.4, 0.5) is 0 Å². The monoisotopic (exact) mass is 250 g/mol. The second kappa shape index (κ2) is 5.25. The summed E-state index contributed by atoms with van der Waals surface area (Å²) in [7, 11) is 0. The van der Waals surface area contributed by atoms with E-state index in [0.29, 0.717) is 5.75 Å². The second-order valence-electron chi connectivity index (χ2n) is 3.82. The highest BCUT2D eigenvalue weighted by Crippen LogP contribution is 2.22. The van der Waals surface area contributed by atoms with E-state index in [-0.39, 0.29) is 0 Å². The number of carboxylic acids is 1. The van der Waals surface area contributed by atoms with Crippen LogP contribution in [0.2, 0.25) is 0 Å². The number of carboxylic acid groups (broad SMARTS) is 1. The van der Waals surface area contributed by atoms with Crippen molar-refractivity contribution in [2.75, 3.05) is 5.75 Å². The summed E-state index contributed by atoms with van der Waals surface area (Å²) in [5, 5.41) is 9.85. The largest absolute Gasteiger partial charge is 0.480 e. The van der Waals surface area contributed by atoms with E-state index in [1.165, 1.54) is 22.7 Å². The molecule has 0 amide bonds. The molecule has 0 aliphatic heterocycles. The van der Waals surface area contributed by atoms with Gasteiger partial charge in [-0.3, -0.25) is 4.79 Å². The van der Waals surface area contributed by atoms with Crippen molar-refractivity contribution in [3.05, 3.63) is 36.0 Å². The van der Waals surface area contributed by atoms with Crippen molar-refractivity contribution in [1.82, 2.24) is 4.98 Å². The second-order valence-corrected chi connectivity index (χ2v) is 4.85. The molecule has 0 radical (unpaired) electrons. The standard InChI is InChI=1S/C12H14N2O2S/c13-10(12(15)16)7-17-6-8-5-14-11-4-2-1-3-9(8)11/h1-5,10,14H,6-7,13H2,(H,15,16). The normalized spacial score (nSPS) is 12.8. The number of aromatic nitrogens is 1. The number of H-pyrrole nitrogens is 1. The van der Waals surface area contributed by atoms with Crippen LogP contribution < -0.4 is 5.73 Å². The van der Waals surface area contributed by atoms with E-state index in [2.05, 4.69) is 11.1 Å². The molecule has 90 valence electrons. The molecule has 0 spiro atoms. The molecule has 2 aromatic rings. The van der Waals surface area contributed by atoms with Crippen molar-refractivity contribution in [3.63, 3.8) is 0 Å². The molecule has 1 aromatic heterocycles. The van der Waals surface area contributed by atoms with Crippen LogP contribution in [0.1, 0.15) is 5.56 Å². The fraction of sp³-hybridized carbons (Fsp3) is 0.250. The van der Waals surface area contributed by atoms with Crippen molar-refractivity contribution in [2.45, 2.75) is 11.8 Å². The Bertz CT molecular complexity index is 524. The molecule has 1 heterocycles. The molecule has 0 aliphatic rings. The van der Waals surface area contributed by atoms with E-state index < -0.39 is 12.0 Å². The number of hydrogen-bond acceptors (Lipinski definition) is 3. The third kappa shape index (κ3) is 2.81. The zero-order valence-electron chi connectivity index (χ0n) is 9.22. The summed E-state index contributed by atoms with van der Waals surface area (Å²) in [6, 6.07) is 7.26. The Morgan fingerprint density at radius 2 is 2.24 bits per heavy atom. The fourth-order valence-corrected chi connectivity index (χ4v) is 2.59. The first kappa shape index (κ1) is 12.0. The molecule has 1 aromatic carbocycles. The Balaban J connectivity index is 1.98. The molecule has 0 bridgehead atoms. The number of carbonyl (C=O) groups is 1. The van der Waals surface area contributed by atoms with Gasteiger partial charge in [0.1, 0.15) is 6.04 Å². The number of nitrogens with two attached hydrogens (primary N) is 1. The average Bonchev–Trinajstić information content (AvgIpc) is 2.72. The number of hydrogen-bond donors (Lipinski definition) is 3. The number of rotatable bonds is 5. The molecule has 0 aliphatic carbocycles. The Morgan fingerprint density at radius 1 is 1.47 bits per heavy atom. The average molecular weight is 250 g/mol. The number of thioether (sulfide) groups is 1. The number of para-hydroxylation sites is 1. The number of aromatic amines is 1. The molecule has 4 N–H and O–H groups in total. The van der Waals surface area contributed by atoms with Crippen molar-refractivity contribution >= 4 is 28.6 Å². The number of nitrogens with one attached hydrogen (secondary N) is 1. The van der Waals surface area contributed by atoms with Crippen LogP contribution in [0.15, 0.2) is 30.5 Å². The maximum atomic E-state index is 10.6. The molecular weight excluding hydrogens is 236 g/mol. The minimum atomic E-state index is -0.948. The predicted molar refractivity (Wildman–Crippen MR) is 70.1 cm³/mol. The van der Waals surface area contributed by atoms with Crippen LogP contribution in [0.25, 0.3) is 10.9 Å². The van der Waals surface area contributed by atoms with E-state index in [9.17, 15) is 4.79 Å². The van der Waals surface area contributed by atoms with Crippen molar-refractivity contribution in [3.8, 4) is 0 Å². The third-order valence-electron chi connectivity index (χ3n) is 2.55. The van der Waals surface area contributed by atoms with Crippen LogP contribution in [0.5, 0.6) is 0 Å². The summed E-state index contributed by atoms with van der Waals surface area (Å²) in [5.74, 6) is 0.247. The van der Waals surface area contributed by atoms with E-state index >= 15 is 0 Å². The first-order valence-corrected chi connectivity index (χ1v) is 6.45. The molecule has 1 atom stereocenters. The van der Waals surface area contributed by atoms with Crippen LogP contribution in [-0.2, 0) is 10.5 Å². The van der Waals surface area contributed by atoms with Crippen molar-refractivity contribution in [2.24, 2.45) is 5.73 Å². The molecule has 5 heteroatoms. The maximum absolute atomic E-state index is 10.6. The summed E-state index contributed by atoms with van der Waals surface area (Å²) < 4.78 is 0. The maximum Gasteiger partial charge on any atom is 0.321 e. The Hall–Kier alpha value is -1.46. The van der Waals surface area contributed by atoms with E-state index in [4.69, 9.17) is 10.8 Å². The summed E-state index contributed by atoms with van der Waals surface area (Å²) in [6.07, 6.45) is 1.96. The molecule has 0 saturated carbocycles. The van der Waals surface area contributed by atoms with Gasteiger partial charge in [0, 0.05) is 28.6 Å². The summed E-state index contributed by atoms with van der Waals surface area (Å²) in [6.45, 7) is 0. The van der Waals surface area contributed by atoms with E-state index in [0.717, 1.165) is 11.3 Å². The third-order valence-corrected chi connectivity index (χ3v) is 3.66. The molecule has 17 heavy (non-hydrogen) atoms. The lowest BCUT2D eigenvalue weighted by molar-refractivity contribution is -0.137. The highest BCUT2D eigenvalue weighted by atomic mass is 32.2. The summed E-state index contributed by atoms with van der Waals surface area (Å²) >= 11 is 1.54. The van der Waals surface area contributed by atoms with Gasteiger partial charge in [0.15, 0.2) is 0 Å².